The molecule has 2 rings (SSSR count). The van der Waals surface area contributed by atoms with Crippen molar-refractivity contribution in [2.24, 2.45) is 0 Å². The summed E-state index contributed by atoms with van der Waals surface area (Å²) in [6.45, 7) is 1.97. The summed E-state index contributed by atoms with van der Waals surface area (Å²) in [5, 5.41) is 11.0. The van der Waals surface area contributed by atoms with E-state index in [0.717, 1.165) is 36.8 Å². The van der Waals surface area contributed by atoms with Gasteiger partial charge in [0.15, 0.2) is 0 Å². The fraction of sp³-hybridized carbons (Fsp3) is 0.583. The van der Waals surface area contributed by atoms with Crippen LogP contribution in [0.15, 0.2) is 12.3 Å². The Morgan fingerprint density at radius 3 is 2.67 bits per heavy atom. The summed E-state index contributed by atoms with van der Waals surface area (Å²) < 4.78 is 0. The summed E-state index contributed by atoms with van der Waals surface area (Å²) >= 11 is 6.05. The van der Waals surface area contributed by atoms with Crippen molar-refractivity contribution >= 4 is 11.6 Å². The first-order valence-electron chi connectivity index (χ1n) is 5.47. The van der Waals surface area contributed by atoms with Crippen molar-refractivity contribution in [3.8, 4) is 0 Å². The Morgan fingerprint density at radius 2 is 2.00 bits per heavy atom. The van der Waals surface area contributed by atoms with Crippen molar-refractivity contribution in [3.05, 3.63) is 28.5 Å². The largest absolute Gasteiger partial charge is 0.385 e. The highest BCUT2D eigenvalue weighted by Crippen LogP contribution is 2.39. The van der Waals surface area contributed by atoms with Crippen molar-refractivity contribution < 1.29 is 5.11 Å². The van der Waals surface area contributed by atoms with Gasteiger partial charge in [0.25, 0.3) is 0 Å². The standard InChI is InChI=1S/C12H16ClNO/c1-9-7-10(11(13)14-8-9)12(15)5-3-2-4-6-12/h7-8,15H,2-6H2,1H3. The smallest absolute Gasteiger partial charge is 0.135 e. The molecule has 0 aliphatic heterocycles. The van der Waals surface area contributed by atoms with E-state index in [1.807, 2.05) is 13.0 Å². The quantitative estimate of drug-likeness (QED) is 0.745. The van der Waals surface area contributed by atoms with Gasteiger partial charge >= 0.3 is 0 Å². The molecular weight excluding hydrogens is 210 g/mol. The number of nitrogens with zero attached hydrogens (tertiary/aromatic N) is 1. The Bertz CT molecular complexity index is 359. The summed E-state index contributed by atoms with van der Waals surface area (Å²) in [4.78, 5) is 4.10. The Kier molecular flexibility index (Phi) is 2.98. The number of hydrogen-bond donors (Lipinski definition) is 1. The van der Waals surface area contributed by atoms with Crippen molar-refractivity contribution in [2.75, 3.05) is 0 Å². The molecule has 1 fully saturated rings. The van der Waals surface area contributed by atoms with Gasteiger partial charge in [-0.05, 0) is 31.4 Å². The first-order valence-corrected chi connectivity index (χ1v) is 5.85. The number of aryl methyl sites for hydroxylation is 1. The summed E-state index contributed by atoms with van der Waals surface area (Å²) in [6, 6.07) is 1.96. The number of aromatic nitrogens is 1. The van der Waals surface area contributed by atoms with Crippen LogP contribution < -0.4 is 0 Å². The number of aliphatic hydroxyl groups is 1. The Labute approximate surface area is 95.3 Å². The van der Waals surface area contributed by atoms with Crippen molar-refractivity contribution in [1.29, 1.82) is 0 Å². The summed E-state index contributed by atoms with van der Waals surface area (Å²) in [6.07, 6.45) is 6.69. The fourth-order valence-electron chi connectivity index (χ4n) is 2.28. The Balaban J connectivity index is 2.38. The summed E-state index contributed by atoms with van der Waals surface area (Å²) in [5.41, 5.74) is 1.12. The molecule has 1 aliphatic rings. The predicted octanol–water partition coefficient (Wildman–Crippen LogP) is 3.20. The minimum absolute atomic E-state index is 0.449. The topological polar surface area (TPSA) is 33.1 Å². The number of hydrogen-bond acceptors (Lipinski definition) is 2. The normalized spacial score (nSPS) is 20.2. The lowest BCUT2D eigenvalue weighted by Gasteiger charge is -2.32. The molecule has 3 heteroatoms. The lowest BCUT2D eigenvalue weighted by Crippen LogP contribution is -2.29. The van der Waals surface area contributed by atoms with Crippen LogP contribution in [-0.4, -0.2) is 10.1 Å². The first kappa shape index (κ1) is 10.9. The molecule has 1 aromatic heterocycles. The van der Waals surface area contributed by atoms with Gasteiger partial charge in [0.05, 0.1) is 5.60 Å². The van der Waals surface area contributed by atoms with E-state index in [4.69, 9.17) is 11.6 Å². The van der Waals surface area contributed by atoms with Crippen LogP contribution in [0.25, 0.3) is 0 Å². The summed E-state index contributed by atoms with van der Waals surface area (Å²) in [5.74, 6) is 0. The van der Waals surface area contributed by atoms with Crippen LogP contribution in [0.4, 0.5) is 0 Å². The van der Waals surface area contributed by atoms with Gasteiger partial charge in [-0.1, -0.05) is 30.9 Å². The second-order valence-electron chi connectivity index (χ2n) is 4.44. The Hall–Kier alpha value is -0.600. The third-order valence-electron chi connectivity index (χ3n) is 3.16. The molecule has 1 aliphatic carbocycles. The molecule has 82 valence electrons. The SMILES string of the molecule is Cc1cnc(Cl)c(C2(O)CCCCC2)c1. The third-order valence-corrected chi connectivity index (χ3v) is 3.46. The van der Waals surface area contributed by atoms with E-state index in [-0.39, 0.29) is 0 Å². The van der Waals surface area contributed by atoms with Gasteiger partial charge < -0.3 is 5.11 Å². The first-order chi connectivity index (χ1) is 7.12. The van der Waals surface area contributed by atoms with E-state index in [1.54, 1.807) is 6.20 Å². The highest BCUT2D eigenvalue weighted by atomic mass is 35.5. The molecule has 0 atom stereocenters. The lowest BCUT2D eigenvalue weighted by molar-refractivity contribution is -0.000866. The summed E-state index contributed by atoms with van der Waals surface area (Å²) in [7, 11) is 0. The van der Waals surface area contributed by atoms with E-state index in [1.165, 1.54) is 6.42 Å². The van der Waals surface area contributed by atoms with Crippen LogP contribution in [0, 0.1) is 6.92 Å². The van der Waals surface area contributed by atoms with Gasteiger partial charge in [-0.3, -0.25) is 0 Å². The second-order valence-corrected chi connectivity index (χ2v) is 4.80. The molecule has 2 nitrogen and oxygen atoms in total. The maximum Gasteiger partial charge on any atom is 0.135 e. The molecule has 1 saturated carbocycles. The highest BCUT2D eigenvalue weighted by Gasteiger charge is 2.33. The lowest BCUT2D eigenvalue weighted by atomic mass is 9.80. The number of rotatable bonds is 1. The van der Waals surface area contributed by atoms with Crippen LogP contribution in [0.1, 0.15) is 43.2 Å². The molecule has 0 bridgehead atoms. The van der Waals surface area contributed by atoms with Crippen LogP contribution in [0.2, 0.25) is 5.15 Å². The number of pyridine rings is 1. The predicted molar refractivity (Wildman–Crippen MR) is 61.0 cm³/mol. The Morgan fingerprint density at radius 1 is 1.33 bits per heavy atom. The van der Waals surface area contributed by atoms with Gasteiger partial charge in [-0.25, -0.2) is 4.98 Å². The van der Waals surface area contributed by atoms with Crippen molar-refractivity contribution in [1.82, 2.24) is 4.98 Å². The zero-order valence-electron chi connectivity index (χ0n) is 8.96. The van der Waals surface area contributed by atoms with Gasteiger partial charge in [-0.15, -0.1) is 0 Å². The van der Waals surface area contributed by atoms with Crippen molar-refractivity contribution in [2.45, 2.75) is 44.6 Å². The molecule has 0 aromatic carbocycles. The molecule has 0 saturated heterocycles. The van der Waals surface area contributed by atoms with E-state index >= 15 is 0 Å². The van der Waals surface area contributed by atoms with Gasteiger partial charge in [0, 0.05) is 11.8 Å². The highest BCUT2D eigenvalue weighted by molar-refractivity contribution is 6.30. The average Bonchev–Trinajstić information content (AvgIpc) is 2.23. The van der Waals surface area contributed by atoms with E-state index in [0.29, 0.717) is 5.15 Å². The van der Waals surface area contributed by atoms with Gasteiger partial charge in [0.1, 0.15) is 5.15 Å². The third kappa shape index (κ3) is 2.16. The monoisotopic (exact) mass is 225 g/mol. The molecule has 0 amide bonds. The van der Waals surface area contributed by atoms with Crippen LogP contribution in [0.3, 0.4) is 0 Å². The van der Waals surface area contributed by atoms with Crippen LogP contribution in [-0.2, 0) is 5.60 Å². The molecule has 15 heavy (non-hydrogen) atoms. The molecule has 0 unspecified atom stereocenters. The average molecular weight is 226 g/mol. The fourth-order valence-corrected chi connectivity index (χ4v) is 2.56. The van der Waals surface area contributed by atoms with Gasteiger partial charge in [0.2, 0.25) is 0 Å². The van der Waals surface area contributed by atoms with Crippen molar-refractivity contribution in [3.63, 3.8) is 0 Å². The maximum atomic E-state index is 10.5. The number of halogens is 1. The zero-order valence-corrected chi connectivity index (χ0v) is 9.72. The molecule has 1 N–H and O–H groups in total. The van der Waals surface area contributed by atoms with Gasteiger partial charge in [-0.2, -0.15) is 0 Å². The molecular formula is C12H16ClNO. The zero-order chi connectivity index (χ0) is 10.9. The molecule has 0 radical (unpaired) electrons. The molecule has 1 heterocycles. The minimum atomic E-state index is -0.742. The van der Waals surface area contributed by atoms with Crippen LogP contribution >= 0.6 is 11.6 Å². The van der Waals surface area contributed by atoms with E-state index < -0.39 is 5.60 Å². The van der Waals surface area contributed by atoms with E-state index in [9.17, 15) is 5.11 Å². The maximum absolute atomic E-state index is 10.5. The molecule has 1 aromatic rings. The van der Waals surface area contributed by atoms with E-state index in [2.05, 4.69) is 4.98 Å². The second kappa shape index (κ2) is 4.11. The molecule has 0 spiro atoms. The van der Waals surface area contributed by atoms with Crippen LogP contribution in [0.5, 0.6) is 0 Å². The minimum Gasteiger partial charge on any atom is -0.385 e.